The third-order valence-corrected chi connectivity index (χ3v) is 3.12. The quantitative estimate of drug-likeness (QED) is 0.927. The zero-order chi connectivity index (χ0) is 14.8. The Morgan fingerprint density at radius 1 is 1.47 bits per heavy atom. The predicted molar refractivity (Wildman–Crippen MR) is 65.0 cm³/mol. The lowest BCUT2D eigenvalue weighted by Gasteiger charge is -2.21. The Balaban J connectivity index is 2.95. The maximum atomic E-state index is 12.7. The number of likely N-dealkylation sites (N-methyl/N-ethyl adjacent to an activating group) is 1. The lowest BCUT2D eigenvalue weighted by molar-refractivity contribution is -0.142. The minimum atomic E-state index is -4.52. The fraction of sp³-hybridized carbons (Fsp3) is 0.417. The average Bonchev–Trinajstić information content (AvgIpc) is 2.28. The van der Waals surface area contributed by atoms with Gasteiger partial charge in [0.25, 0.3) is 0 Å². The van der Waals surface area contributed by atoms with Crippen LogP contribution in [0, 0.1) is 0 Å². The summed E-state index contributed by atoms with van der Waals surface area (Å²) >= 11 is 5.50. The molecule has 1 aromatic rings. The first-order valence-electron chi connectivity index (χ1n) is 5.41. The van der Waals surface area contributed by atoms with Gasteiger partial charge in [-0.15, -0.1) is 0 Å². The maximum Gasteiger partial charge on any atom is 0.417 e. The highest BCUT2D eigenvalue weighted by molar-refractivity contribution is 6.31. The van der Waals surface area contributed by atoms with Crippen LogP contribution < -0.4 is 0 Å². The molecule has 1 N–H and O–H groups in total. The standard InChI is InChI=1S/C12H13ClF3NO2/c1-7(11(18)19)17(2)6-8-3-4-10(13)9(5-8)12(14,15)16/h3-5,7H,6H2,1-2H3,(H,18,19). The van der Waals surface area contributed by atoms with E-state index in [1.54, 1.807) is 0 Å². The smallest absolute Gasteiger partial charge is 0.417 e. The monoisotopic (exact) mass is 295 g/mol. The van der Waals surface area contributed by atoms with Crippen molar-refractivity contribution in [2.24, 2.45) is 0 Å². The van der Waals surface area contributed by atoms with E-state index in [9.17, 15) is 18.0 Å². The van der Waals surface area contributed by atoms with E-state index in [2.05, 4.69) is 0 Å². The second kappa shape index (κ2) is 5.79. The van der Waals surface area contributed by atoms with Crippen molar-refractivity contribution in [1.29, 1.82) is 0 Å². The summed E-state index contributed by atoms with van der Waals surface area (Å²) in [7, 11) is 1.53. The lowest BCUT2D eigenvalue weighted by Crippen LogP contribution is -2.35. The van der Waals surface area contributed by atoms with Gasteiger partial charge in [0.05, 0.1) is 10.6 Å². The molecule has 1 unspecified atom stereocenters. The summed E-state index contributed by atoms with van der Waals surface area (Å²) < 4.78 is 38.0. The number of carboxylic acid groups (broad SMARTS) is 1. The van der Waals surface area contributed by atoms with Crippen molar-refractivity contribution in [2.45, 2.75) is 25.7 Å². The van der Waals surface area contributed by atoms with Crippen molar-refractivity contribution in [1.82, 2.24) is 4.90 Å². The Morgan fingerprint density at radius 3 is 2.53 bits per heavy atom. The van der Waals surface area contributed by atoms with Crippen LogP contribution in [0.2, 0.25) is 5.02 Å². The van der Waals surface area contributed by atoms with Gasteiger partial charge in [0.15, 0.2) is 0 Å². The minimum Gasteiger partial charge on any atom is -0.480 e. The molecule has 0 spiro atoms. The first kappa shape index (κ1) is 15.8. The highest BCUT2D eigenvalue weighted by Crippen LogP contribution is 2.35. The number of benzene rings is 1. The molecule has 0 aromatic heterocycles. The van der Waals surface area contributed by atoms with Gasteiger partial charge in [-0.2, -0.15) is 13.2 Å². The topological polar surface area (TPSA) is 40.5 Å². The average molecular weight is 296 g/mol. The highest BCUT2D eigenvalue weighted by Gasteiger charge is 2.33. The Morgan fingerprint density at radius 2 is 2.05 bits per heavy atom. The van der Waals surface area contributed by atoms with E-state index in [-0.39, 0.29) is 11.6 Å². The fourth-order valence-electron chi connectivity index (χ4n) is 1.50. The molecular weight excluding hydrogens is 283 g/mol. The van der Waals surface area contributed by atoms with Crippen LogP contribution in [0.3, 0.4) is 0 Å². The van der Waals surface area contributed by atoms with Gasteiger partial charge >= 0.3 is 12.1 Å². The molecule has 1 atom stereocenters. The summed E-state index contributed by atoms with van der Waals surface area (Å²) in [5.74, 6) is -1.03. The van der Waals surface area contributed by atoms with E-state index in [1.807, 2.05) is 0 Å². The Bertz CT molecular complexity index is 477. The molecule has 0 aliphatic rings. The highest BCUT2D eigenvalue weighted by atomic mass is 35.5. The third kappa shape index (κ3) is 4.11. The molecule has 0 saturated carbocycles. The van der Waals surface area contributed by atoms with Crippen molar-refractivity contribution in [3.05, 3.63) is 34.3 Å². The molecule has 3 nitrogen and oxygen atoms in total. The fourth-order valence-corrected chi connectivity index (χ4v) is 1.73. The summed E-state index contributed by atoms with van der Waals surface area (Å²) in [6, 6.07) is 2.76. The Labute approximate surface area is 113 Å². The number of nitrogens with zero attached hydrogens (tertiary/aromatic N) is 1. The van der Waals surface area contributed by atoms with Crippen LogP contribution in [-0.4, -0.2) is 29.1 Å². The van der Waals surface area contributed by atoms with Crippen molar-refractivity contribution in [2.75, 3.05) is 7.05 Å². The molecule has 7 heteroatoms. The molecular formula is C12H13ClF3NO2. The lowest BCUT2D eigenvalue weighted by atomic mass is 10.1. The van der Waals surface area contributed by atoms with Crippen LogP contribution in [-0.2, 0) is 17.5 Å². The summed E-state index contributed by atoms with van der Waals surface area (Å²) in [6.45, 7) is 1.55. The van der Waals surface area contributed by atoms with Crippen LogP contribution in [0.1, 0.15) is 18.1 Å². The zero-order valence-corrected chi connectivity index (χ0v) is 11.1. The first-order valence-corrected chi connectivity index (χ1v) is 5.79. The number of alkyl halides is 3. The van der Waals surface area contributed by atoms with Crippen molar-refractivity contribution in [3.8, 4) is 0 Å². The van der Waals surface area contributed by atoms with E-state index in [1.165, 1.54) is 31.0 Å². The Kier molecular flexibility index (Phi) is 4.81. The molecule has 19 heavy (non-hydrogen) atoms. The molecule has 0 aliphatic carbocycles. The van der Waals surface area contributed by atoms with Crippen LogP contribution >= 0.6 is 11.6 Å². The predicted octanol–water partition coefficient (Wildman–Crippen LogP) is 3.26. The van der Waals surface area contributed by atoms with E-state index in [0.29, 0.717) is 5.56 Å². The largest absolute Gasteiger partial charge is 0.480 e. The van der Waals surface area contributed by atoms with Gasteiger partial charge in [0.1, 0.15) is 6.04 Å². The molecule has 1 rings (SSSR count). The van der Waals surface area contributed by atoms with E-state index < -0.39 is 23.8 Å². The van der Waals surface area contributed by atoms with Gasteiger partial charge in [-0.1, -0.05) is 17.7 Å². The van der Waals surface area contributed by atoms with Gasteiger partial charge in [-0.3, -0.25) is 9.69 Å². The summed E-state index contributed by atoms with van der Waals surface area (Å²) in [5, 5.41) is 8.45. The number of halogens is 4. The molecule has 0 heterocycles. The minimum absolute atomic E-state index is 0.0910. The van der Waals surface area contributed by atoms with Gasteiger partial charge in [0, 0.05) is 6.54 Å². The molecule has 0 bridgehead atoms. The number of carboxylic acids is 1. The summed E-state index contributed by atoms with van der Waals surface area (Å²) in [6.07, 6.45) is -4.52. The van der Waals surface area contributed by atoms with Crippen LogP contribution in [0.5, 0.6) is 0 Å². The molecule has 106 valence electrons. The number of hydrogen-bond donors (Lipinski definition) is 1. The second-order valence-electron chi connectivity index (χ2n) is 4.24. The van der Waals surface area contributed by atoms with E-state index in [0.717, 1.165) is 6.07 Å². The summed E-state index contributed by atoms with van der Waals surface area (Å²) in [4.78, 5) is 12.2. The van der Waals surface area contributed by atoms with Crippen molar-refractivity contribution < 1.29 is 23.1 Å². The van der Waals surface area contributed by atoms with Gasteiger partial charge in [-0.25, -0.2) is 0 Å². The van der Waals surface area contributed by atoms with E-state index >= 15 is 0 Å². The maximum absolute atomic E-state index is 12.7. The van der Waals surface area contributed by atoms with Crippen molar-refractivity contribution >= 4 is 17.6 Å². The zero-order valence-electron chi connectivity index (χ0n) is 10.3. The van der Waals surface area contributed by atoms with Gasteiger partial charge < -0.3 is 5.11 Å². The molecule has 1 aromatic carbocycles. The Hall–Kier alpha value is -1.27. The number of aliphatic carboxylic acids is 1. The number of hydrogen-bond acceptors (Lipinski definition) is 2. The SMILES string of the molecule is CC(C(=O)O)N(C)Cc1ccc(Cl)c(C(F)(F)F)c1. The van der Waals surface area contributed by atoms with Gasteiger partial charge in [0.2, 0.25) is 0 Å². The summed E-state index contributed by atoms with van der Waals surface area (Å²) in [5.41, 5.74) is -0.560. The molecule has 0 aliphatic heterocycles. The van der Waals surface area contributed by atoms with Crippen LogP contribution in [0.15, 0.2) is 18.2 Å². The molecule has 0 radical (unpaired) electrons. The van der Waals surface area contributed by atoms with Crippen molar-refractivity contribution in [3.63, 3.8) is 0 Å². The van der Waals surface area contributed by atoms with Crippen LogP contribution in [0.25, 0.3) is 0 Å². The normalized spacial score (nSPS) is 13.6. The third-order valence-electron chi connectivity index (χ3n) is 2.79. The van der Waals surface area contributed by atoms with Crippen LogP contribution in [0.4, 0.5) is 13.2 Å². The molecule has 0 fully saturated rings. The number of rotatable bonds is 4. The number of carbonyl (C=O) groups is 1. The second-order valence-corrected chi connectivity index (χ2v) is 4.65. The molecule has 0 saturated heterocycles. The van der Waals surface area contributed by atoms with Gasteiger partial charge in [-0.05, 0) is 31.7 Å². The van der Waals surface area contributed by atoms with E-state index in [4.69, 9.17) is 16.7 Å². The molecule has 0 amide bonds. The first-order chi connectivity index (χ1) is 8.62.